The predicted molar refractivity (Wildman–Crippen MR) is 25.9 cm³/mol. The van der Waals surface area contributed by atoms with Crippen LogP contribution in [0, 0.1) is 0 Å². The second-order valence-electron chi connectivity index (χ2n) is 1.45. The Kier molecular flexibility index (Phi) is 6.99. The zero-order chi connectivity index (χ0) is 7.44. The number of rotatable bonds is 3. The first-order valence-corrected chi connectivity index (χ1v) is 2.16. The van der Waals surface area contributed by atoms with E-state index in [4.69, 9.17) is 15.3 Å². The van der Waals surface area contributed by atoms with Crippen molar-refractivity contribution in [3.05, 3.63) is 0 Å². The van der Waals surface area contributed by atoms with Crippen LogP contribution in [0.25, 0.3) is 0 Å². The molecule has 0 heterocycles. The van der Waals surface area contributed by atoms with E-state index in [1.807, 2.05) is 0 Å². The quantitative estimate of drug-likeness (QED) is 0.550. The molecule has 54 valence electrons. The van der Waals surface area contributed by atoms with Crippen LogP contribution >= 0.6 is 0 Å². The minimum atomic E-state index is -1.79. The van der Waals surface area contributed by atoms with Gasteiger partial charge in [-0.1, -0.05) is 0 Å². The molecular formula is C4H6CdO5. The summed E-state index contributed by atoms with van der Waals surface area (Å²) in [6.07, 6.45) is -2.54. The summed E-state index contributed by atoms with van der Waals surface area (Å²) in [4.78, 5) is 19.4. The maximum absolute atomic E-state index is 9.72. The van der Waals surface area contributed by atoms with Crippen LogP contribution in [-0.4, -0.2) is 33.4 Å². The van der Waals surface area contributed by atoms with Gasteiger partial charge in [-0.05, 0) is 0 Å². The number of aliphatic hydroxyl groups excluding tert-OH is 1. The molecule has 0 fully saturated rings. The van der Waals surface area contributed by atoms with Crippen molar-refractivity contribution in [2.75, 3.05) is 0 Å². The molecular weight excluding hydrogens is 240 g/mol. The van der Waals surface area contributed by atoms with Crippen molar-refractivity contribution in [1.82, 2.24) is 0 Å². The van der Waals surface area contributed by atoms with Crippen LogP contribution in [0.4, 0.5) is 0 Å². The smallest absolute Gasteiger partial charge is 0.333 e. The fourth-order valence-electron chi connectivity index (χ4n) is 0.253. The van der Waals surface area contributed by atoms with E-state index in [1.165, 1.54) is 0 Å². The van der Waals surface area contributed by atoms with Gasteiger partial charge >= 0.3 is 11.9 Å². The summed E-state index contributed by atoms with van der Waals surface area (Å²) in [5, 5.41) is 24.1. The van der Waals surface area contributed by atoms with E-state index < -0.39 is 24.5 Å². The minimum absolute atomic E-state index is 0. The zero-order valence-corrected chi connectivity index (χ0v) is 9.19. The average molecular weight is 246 g/mol. The van der Waals surface area contributed by atoms with Gasteiger partial charge in [-0.25, -0.2) is 4.79 Å². The molecule has 0 rings (SSSR count). The third-order valence-corrected chi connectivity index (χ3v) is 0.653. The van der Waals surface area contributed by atoms with Gasteiger partial charge in [0.15, 0.2) is 6.10 Å². The van der Waals surface area contributed by atoms with E-state index in [-0.39, 0.29) is 27.3 Å². The molecule has 0 aliphatic heterocycles. The Bertz CT molecular complexity index is 134. The number of aliphatic carboxylic acids is 2. The molecule has 0 aromatic carbocycles. The summed E-state index contributed by atoms with van der Waals surface area (Å²) >= 11 is 0. The predicted octanol–water partition coefficient (Wildman–Crippen LogP) is -1.10. The van der Waals surface area contributed by atoms with Crippen LogP contribution in [0.5, 0.6) is 0 Å². The Morgan fingerprint density at radius 1 is 1.30 bits per heavy atom. The summed E-state index contributed by atoms with van der Waals surface area (Å²) in [6.45, 7) is 0. The molecule has 0 bridgehead atoms. The van der Waals surface area contributed by atoms with Crippen LogP contribution < -0.4 is 0 Å². The van der Waals surface area contributed by atoms with Gasteiger partial charge in [0.25, 0.3) is 0 Å². The average Bonchev–Trinajstić information content (AvgIpc) is 1.63. The standard InChI is InChI=1S/C4H6O5.Cd/c5-2(4(8)9)1-3(6)7;/h2,5H,1H2,(H,6,7)(H,8,9);. The molecule has 0 aliphatic rings. The Labute approximate surface area is 76.8 Å². The van der Waals surface area contributed by atoms with Crippen LogP contribution in [-0.2, 0) is 36.9 Å². The molecule has 3 N–H and O–H groups in total. The van der Waals surface area contributed by atoms with Gasteiger partial charge in [0.2, 0.25) is 0 Å². The van der Waals surface area contributed by atoms with Crippen LogP contribution in [0.2, 0.25) is 0 Å². The Balaban J connectivity index is 0. The molecule has 0 aromatic heterocycles. The van der Waals surface area contributed by atoms with Gasteiger partial charge in [-0.3, -0.25) is 4.79 Å². The van der Waals surface area contributed by atoms with Crippen molar-refractivity contribution in [3.8, 4) is 0 Å². The summed E-state index contributed by atoms with van der Waals surface area (Å²) in [7, 11) is 0. The van der Waals surface area contributed by atoms with Gasteiger partial charge in [0, 0.05) is 27.3 Å². The Morgan fingerprint density at radius 2 is 1.70 bits per heavy atom. The molecule has 10 heavy (non-hydrogen) atoms. The minimum Gasteiger partial charge on any atom is -0.481 e. The molecule has 0 amide bonds. The maximum Gasteiger partial charge on any atom is 0.333 e. The van der Waals surface area contributed by atoms with Crippen LogP contribution in [0.3, 0.4) is 0 Å². The number of carboxylic acids is 2. The molecule has 6 heteroatoms. The molecule has 0 radical (unpaired) electrons. The number of hydrogen-bond donors (Lipinski definition) is 3. The number of carboxylic acid groups (broad SMARTS) is 2. The molecule has 0 saturated heterocycles. The summed E-state index contributed by atoms with van der Waals surface area (Å²) < 4.78 is 0. The van der Waals surface area contributed by atoms with Crippen LogP contribution in [0.1, 0.15) is 6.42 Å². The van der Waals surface area contributed by atoms with Gasteiger partial charge in [0.1, 0.15) is 0 Å². The summed E-state index contributed by atoms with van der Waals surface area (Å²) in [5.74, 6) is -2.85. The van der Waals surface area contributed by atoms with Crippen LogP contribution in [0.15, 0.2) is 0 Å². The SMILES string of the molecule is O=C(O)CC(O)C(=O)O.[Cd]. The van der Waals surface area contributed by atoms with E-state index in [9.17, 15) is 9.59 Å². The molecule has 0 saturated carbocycles. The first kappa shape index (κ1) is 12.5. The van der Waals surface area contributed by atoms with E-state index in [0.29, 0.717) is 0 Å². The molecule has 1 unspecified atom stereocenters. The number of aliphatic hydroxyl groups is 1. The van der Waals surface area contributed by atoms with Crippen molar-refractivity contribution in [1.29, 1.82) is 0 Å². The summed E-state index contributed by atoms with van der Waals surface area (Å²) in [6, 6.07) is 0. The number of carbonyl (C=O) groups is 2. The Morgan fingerprint density at radius 3 is 1.80 bits per heavy atom. The fraction of sp³-hybridized carbons (Fsp3) is 0.500. The van der Waals surface area contributed by atoms with Gasteiger partial charge in [-0.2, -0.15) is 0 Å². The largest absolute Gasteiger partial charge is 0.481 e. The molecule has 1 atom stereocenters. The second kappa shape index (κ2) is 5.60. The maximum atomic E-state index is 9.72. The molecule has 0 aromatic rings. The Hall–Kier alpha value is -0.178. The van der Waals surface area contributed by atoms with Gasteiger partial charge in [0.05, 0.1) is 6.42 Å². The zero-order valence-electron chi connectivity index (χ0n) is 5.15. The second-order valence-corrected chi connectivity index (χ2v) is 1.45. The molecule has 0 aliphatic carbocycles. The van der Waals surface area contributed by atoms with Crippen molar-refractivity contribution in [2.24, 2.45) is 0 Å². The topological polar surface area (TPSA) is 94.8 Å². The first-order valence-electron chi connectivity index (χ1n) is 2.16. The van der Waals surface area contributed by atoms with Crippen molar-refractivity contribution >= 4 is 11.9 Å². The molecule has 5 nitrogen and oxygen atoms in total. The fourth-order valence-corrected chi connectivity index (χ4v) is 0.253. The van der Waals surface area contributed by atoms with Gasteiger partial charge < -0.3 is 15.3 Å². The van der Waals surface area contributed by atoms with E-state index in [1.54, 1.807) is 0 Å². The third-order valence-electron chi connectivity index (χ3n) is 0.653. The van der Waals surface area contributed by atoms with Gasteiger partial charge in [-0.15, -0.1) is 0 Å². The third kappa shape index (κ3) is 5.95. The van der Waals surface area contributed by atoms with Crippen molar-refractivity contribution in [2.45, 2.75) is 12.5 Å². The van der Waals surface area contributed by atoms with Crippen molar-refractivity contribution in [3.63, 3.8) is 0 Å². The molecule has 0 spiro atoms. The van der Waals surface area contributed by atoms with E-state index in [0.717, 1.165) is 0 Å². The first-order chi connectivity index (χ1) is 4.04. The van der Waals surface area contributed by atoms with E-state index in [2.05, 4.69) is 0 Å². The number of hydrogen-bond acceptors (Lipinski definition) is 3. The normalized spacial score (nSPS) is 11.3. The van der Waals surface area contributed by atoms with E-state index >= 15 is 0 Å². The summed E-state index contributed by atoms with van der Waals surface area (Å²) in [5.41, 5.74) is 0. The monoisotopic (exact) mass is 248 g/mol. The van der Waals surface area contributed by atoms with Crippen molar-refractivity contribution < 1.29 is 52.2 Å².